The molecule has 0 fully saturated rings. The zero-order valence-electron chi connectivity index (χ0n) is 16.3. The first kappa shape index (κ1) is 18.3. The Morgan fingerprint density at radius 2 is 2.03 bits per heavy atom. The Hall–Kier alpha value is -2.79. The Morgan fingerprint density at radius 1 is 1.24 bits per heavy atom. The molecule has 2 aliphatic heterocycles. The van der Waals surface area contributed by atoms with Crippen LogP contribution in [0.4, 0.5) is 0 Å². The van der Waals surface area contributed by atoms with Gasteiger partial charge in [-0.3, -0.25) is 4.79 Å². The van der Waals surface area contributed by atoms with Crippen molar-refractivity contribution in [2.24, 2.45) is 0 Å². The van der Waals surface area contributed by atoms with Gasteiger partial charge in [0.15, 0.2) is 5.78 Å². The van der Waals surface area contributed by atoms with E-state index < -0.39 is 0 Å². The minimum Gasteiger partial charge on any atom is -0.507 e. The summed E-state index contributed by atoms with van der Waals surface area (Å²) in [5.41, 5.74) is 5.37. The Labute approximate surface area is 177 Å². The van der Waals surface area contributed by atoms with Crippen LogP contribution in [0.25, 0.3) is 10.9 Å². The number of allylic oxidation sites excluding steroid dienone is 2. The molecule has 0 aliphatic carbocycles. The largest absolute Gasteiger partial charge is 0.507 e. The normalized spacial score (nSPS) is 20.7. The van der Waals surface area contributed by atoms with Gasteiger partial charge in [0.25, 0.3) is 0 Å². The van der Waals surface area contributed by atoms with Gasteiger partial charge < -0.3 is 15.0 Å². The van der Waals surface area contributed by atoms with Crippen molar-refractivity contribution in [2.45, 2.75) is 25.8 Å². The first-order valence-electron chi connectivity index (χ1n) is 9.70. The lowest BCUT2D eigenvalue weighted by molar-refractivity contribution is 0.102. The van der Waals surface area contributed by atoms with E-state index in [0.29, 0.717) is 11.1 Å². The molecule has 1 atom stereocenters. The summed E-state index contributed by atoms with van der Waals surface area (Å²) in [7, 11) is 0. The lowest BCUT2D eigenvalue weighted by atomic mass is 9.78. The van der Waals surface area contributed by atoms with Crippen molar-refractivity contribution in [1.82, 2.24) is 9.88 Å². The number of nitrogens with one attached hydrogen (secondary N) is 1. The van der Waals surface area contributed by atoms with Gasteiger partial charge in [-0.1, -0.05) is 28.1 Å². The number of phenols is 1. The number of halogens is 1. The van der Waals surface area contributed by atoms with Crippen molar-refractivity contribution in [3.05, 3.63) is 87.2 Å². The highest BCUT2D eigenvalue weighted by atomic mass is 79.9. The number of aromatic hydroxyl groups is 1. The van der Waals surface area contributed by atoms with Crippen LogP contribution in [-0.4, -0.2) is 27.3 Å². The Kier molecular flexibility index (Phi) is 4.00. The van der Waals surface area contributed by atoms with E-state index in [0.717, 1.165) is 28.5 Å². The minimum absolute atomic E-state index is 0.0138. The Bertz CT molecular complexity index is 1240. The number of nitrogens with zero attached hydrogens (tertiary/aromatic N) is 1. The number of para-hydroxylation sites is 1. The number of ketones is 1. The predicted molar refractivity (Wildman–Crippen MR) is 118 cm³/mol. The molecule has 2 N–H and O–H groups in total. The van der Waals surface area contributed by atoms with Gasteiger partial charge in [-0.05, 0) is 67.8 Å². The minimum atomic E-state index is -0.332. The van der Waals surface area contributed by atoms with Crippen molar-refractivity contribution in [1.29, 1.82) is 0 Å². The topological polar surface area (TPSA) is 56.3 Å². The molecule has 0 radical (unpaired) electrons. The van der Waals surface area contributed by atoms with Crippen LogP contribution < -0.4 is 0 Å². The molecular formula is C24H21BrN2O2. The predicted octanol–water partition coefficient (Wildman–Crippen LogP) is 5.44. The van der Waals surface area contributed by atoms with Crippen molar-refractivity contribution in [3.63, 3.8) is 0 Å². The number of hydrogen-bond acceptors (Lipinski definition) is 3. The van der Waals surface area contributed by atoms with Crippen LogP contribution in [0.15, 0.2) is 70.4 Å². The second kappa shape index (κ2) is 6.36. The number of phenolic OH excluding ortho intramolecular Hbond substituents is 1. The van der Waals surface area contributed by atoms with Crippen molar-refractivity contribution >= 4 is 32.6 Å². The van der Waals surface area contributed by atoms with Gasteiger partial charge in [0.2, 0.25) is 0 Å². The number of aromatic nitrogens is 1. The number of rotatable bonds is 2. The van der Waals surface area contributed by atoms with Gasteiger partial charge in [0.05, 0.1) is 11.1 Å². The molecule has 5 heteroatoms. The molecular weight excluding hydrogens is 428 g/mol. The third-order valence-electron chi connectivity index (χ3n) is 6.38. The number of carbonyl (C=O) groups excluding carboxylic acids is 1. The van der Waals surface area contributed by atoms with Gasteiger partial charge in [-0.15, -0.1) is 0 Å². The maximum Gasteiger partial charge on any atom is 0.198 e. The second-order valence-corrected chi connectivity index (χ2v) is 8.86. The summed E-state index contributed by atoms with van der Waals surface area (Å²) in [6, 6.07) is 13.0. The molecule has 1 aromatic heterocycles. The van der Waals surface area contributed by atoms with Crippen LogP contribution in [0.3, 0.4) is 0 Å². The quantitative estimate of drug-likeness (QED) is 0.513. The van der Waals surface area contributed by atoms with Crippen LogP contribution in [0.2, 0.25) is 0 Å². The van der Waals surface area contributed by atoms with E-state index in [2.05, 4.69) is 57.9 Å². The number of hydrogen-bond donors (Lipinski definition) is 2. The number of benzene rings is 2. The van der Waals surface area contributed by atoms with Crippen LogP contribution in [0.1, 0.15) is 35.5 Å². The van der Waals surface area contributed by atoms with Gasteiger partial charge in [0, 0.05) is 39.4 Å². The van der Waals surface area contributed by atoms with Crippen molar-refractivity contribution in [3.8, 4) is 5.75 Å². The molecule has 4 nitrogen and oxygen atoms in total. The molecule has 1 unspecified atom stereocenters. The van der Waals surface area contributed by atoms with Gasteiger partial charge in [-0.2, -0.15) is 0 Å². The number of fused-ring (bicyclic) bond motifs is 5. The average molecular weight is 449 g/mol. The molecule has 0 bridgehead atoms. The molecule has 3 heterocycles. The molecule has 0 saturated carbocycles. The highest BCUT2D eigenvalue weighted by molar-refractivity contribution is 9.10. The monoisotopic (exact) mass is 448 g/mol. The third kappa shape index (κ3) is 2.60. The standard InChI is InChI=1S/C24H21BrN2O2/c1-14-11-15(22(29)18-5-3-4-6-21(18)28)13-27-10-9-17-19-12-16(25)7-8-20(19)26-23(17)24(14,27)2/h3-8,11-13,26,28H,9-10H2,1-2H3. The van der Waals surface area contributed by atoms with Gasteiger partial charge in [0.1, 0.15) is 5.75 Å². The first-order chi connectivity index (χ1) is 13.9. The molecule has 3 aromatic rings. The highest BCUT2D eigenvalue weighted by Gasteiger charge is 2.43. The maximum absolute atomic E-state index is 13.1. The fraction of sp³-hybridized carbons (Fsp3) is 0.208. The highest BCUT2D eigenvalue weighted by Crippen LogP contribution is 2.46. The van der Waals surface area contributed by atoms with E-state index in [9.17, 15) is 9.90 Å². The summed E-state index contributed by atoms with van der Waals surface area (Å²) in [6.07, 6.45) is 4.82. The molecule has 146 valence electrons. The number of carbonyl (C=O) groups is 1. The molecule has 0 amide bonds. The Morgan fingerprint density at radius 3 is 2.83 bits per heavy atom. The number of aromatic amines is 1. The molecule has 29 heavy (non-hydrogen) atoms. The zero-order valence-corrected chi connectivity index (χ0v) is 17.9. The summed E-state index contributed by atoms with van der Waals surface area (Å²) in [6.45, 7) is 5.11. The third-order valence-corrected chi connectivity index (χ3v) is 6.87. The van der Waals surface area contributed by atoms with E-state index in [-0.39, 0.29) is 17.1 Å². The van der Waals surface area contributed by atoms with E-state index in [4.69, 9.17) is 0 Å². The average Bonchev–Trinajstić information content (AvgIpc) is 3.07. The van der Waals surface area contributed by atoms with E-state index in [1.807, 2.05) is 12.3 Å². The van der Waals surface area contributed by atoms with Crippen LogP contribution >= 0.6 is 15.9 Å². The van der Waals surface area contributed by atoms with E-state index in [1.54, 1.807) is 24.3 Å². The van der Waals surface area contributed by atoms with Crippen LogP contribution in [0.5, 0.6) is 5.75 Å². The lowest BCUT2D eigenvalue weighted by Gasteiger charge is -2.47. The van der Waals surface area contributed by atoms with Crippen molar-refractivity contribution < 1.29 is 9.90 Å². The summed E-state index contributed by atoms with van der Waals surface area (Å²) >= 11 is 3.59. The molecule has 2 aromatic carbocycles. The van der Waals surface area contributed by atoms with Crippen molar-refractivity contribution in [2.75, 3.05) is 6.54 Å². The summed E-state index contributed by atoms with van der Waals surface area (Å²) in [4.78, 5) is 18.9. The molecule has 5 rings (SSSR count). The zero-order chi connectivity index (χ0) is 20.3. The Balaban J connectivity index is 1.61. The van der Waals surface area contributed by atoms with Crippen LogP contribution in [0, 0.1) is 0 Å². The van der Waals surface area contributed by atoms with E-state index in [1.165, 1.54) is 16.6 Å². The SMILES string of the molecule is CC1=CC(C(=O)c2ccccc2O)=CN2CCc3c([nH]c4ccc(Br)cc34)C12C. The summed E-state index contributed by atoms with van der Waals surface area (Å²) in [5, 5.41) is 11.4. The number of H-pyrrole nitrogens is 1. The van der Waals surface area contributed by atoms with Gasteiger partial charge >= 0.3 is 0 Å². The summed E-state index contributed by atoms with van der Waals surface area (Å²) < 4.78 is 1.07. The van der Waals surface area contributed by atoms with Crippen LogP contribution in [-0.2, 0) is 12.0 Å². The number of Topliss-reactive ketones (excluding diaryl/α,β-unsaturated/α-hetero) is 1. The summed E-state index contributed by atoms with van der Waals surface area (Å²) in [5.74, 6) is -0.143. The molecule has 2 aliphatic rings. The fourth-order valence-electron chi connectivity index (χ4n) is 4.64. The smallest absolute Gasteiger partial charge is 0.198 e. The van der Waals surface area contributed by atoms with Gasteiger partial charge in [-0.25, -0.2) is 0 Å². The fourth-order valence-corrected chi connectivity index (χ4v) is 5.00. The lowest BCUT2D eigenvalue weighted by Crippen LogP contribution is -2.48. The maximum atomic E-state index is 13.1. The molecule has 0 saturated heterocycles. The second-order valence-electron chi connectivity index (χ2n) is 7.94. The van der Waals surface area contributed by atoms with E-state index >= 15 is 0 Å². The first-order valence-corrected chi connectivity index (χ1v) is 10.5. The molecule has 0 spiro atoms.